The summed E-state index contributed by atoms with van der Waals surface area (Å²) in [4.78, 5) is 8.33. The molecule has 0 aliphatic rings. The first-order valence-electron chi connectivity index (χ1n) is 4.06. The Labute approximate surface area is 85.8 Å². The predicted molar refractivity (Wildman–Crippen MR) is 50.9 cm³/mol. The molecule has 2 aromatic rings. The van der Waals surface area contributed by atoms with Crippen molar-refractivity contribution in [2.45, 2.75) is 13.5 Å². The van der Waals surface area contributed by atoms with Crippen molar-refractivity contribution >= 4 is 11.6 Å². The second-order valence-corrected chi connectivity index (χ2v) is 3.22. The molecule has 0 radical (unpaired) electrons. The molecule has 0 atom stereocenters. The first-order valence-corrected chi connectivity index (χ1v) is 4.44. The molecule has 0 aromatic carbocycles. The maximum absolute atomic E-state index is 5.76. The van der Waals surface area contributed by atoms with E-state index in [1.807, 2.05) is 6.92 Å². The average molecular weight is 210 g/mol. The van der Waals surface area contributed by atoms with Gasteiger partial charge in [-0.3, -0.25) is 14.5 Å². The van der Waals surface area contributed by atoms with Crippen LogP contribution in [0.25, 0.3) is 0 Å². The fourth-order valence-electron chi connectivity index (χ4n) is 1.02. The third-order valence-electron chi connectivity index (χ3n) is 1.74. The summed E-state index contributed by atoms with van der Waals surface area (Å²) in [5.41, 5.74) is 1.72. The van der Waals surface area contributed by atoms with E-state index in [0.717, 1.165) is 11.4 Å². The van der Waals surface area contributed by atoms with E-state index in [-0.39, 0.29) is 0 Å². The molecule has 14 heavy (non-hydrogen) atoms. The Balaban J connectivity index is 2.19. The van der Waals surface area contributed by atoms with Crippen molar-refractivity contribution in [2.24, 2.45) is 0 Å². The van der Waals surface area contributed by atoms with Gasteiger partial charge in [0.1, 0.15) is 6.33 Å². The lowest BCUT2D eigenvalue weighted by Gasteiger charge is -2.01. The minimum absolute atomic E-state index is 0.354. The average Bonchev–Trinajstić information content (AvgIpc) is 2.56. The van der Waals surface area contributed by atoms with E-state index in [0.29, 0.717) is 11.8 Å². The molecule has 0 spiro atoms. The smallest absolute Gasteiger partial charge is 0.225 e. The molecule has 0 aliphatic heterocycles. The van der Waals surface area contributed by atoms with Gasteiger partial charge in [0.2, 0.25) is 5.28 Å². The molecule has 5 nitrogen and oxygen atoms in total. The molecule has 0 aliphatic carbocycles. The maximum Gasteiger partial charge on any atom is 0.225 e. The Bertz CT molecular complexity index is 422. The quantitative estimate of drug-likeness (QED) is 0.743. The van der Waals surface area contributed by atoms with Crippen LogP contribution >= 0.6 is 11.6 Å². The zero-order valence-corrected chi connectivity index (χ0v) is 8.31. The number of aryl methyl sites for hydroxylation is 1. The van der Waals surface area contributed by atoms with E-state index in [2.05, 4.69) is 20.2 Å². The SMILES string of the molecule is Cc1cnc(Cn2cnnc2Cl)cn1. The molecule has 2 heterocycles. The van der Waals surface area contributed by atoms with Crippen molar-refractivity contribution in [2.75, 3.05) is 0 Å². The monoisotopic (exact) mass is 209 g/mol. The van der Waals surface area contributed by atoms with Gasteiger partial charge in [-0.1, -0.05) is 0 Å². The van der Waals surface area contributed by atoms with E-state index in [1.54, 1.807) is 23.3 Å². The summed E-state index contributed by atoms with van der Waals surface area (Å²) in [6, 6.07) is 0. The molecule has 0 fully saturated rings. The van der Waals surface area contributed by atoms with Gasteiger partial charge in [0.15, 0.2) is 0 Å². The van der Waals surface area contributed by atoms with Crippen molar-refractivity contribution < 1.29 is 0 Å². The third kappa shape index (κ3) is 1.88. The summed E-state index contributed by atoms with van der Waals surface area (Å²) in [6.45, 7) is 2.43. The molecule has 0 unspecified atom stereocenters. The van der Waals surface area contributed by atoms with Crippen LogP contribution in [0.2, 0.25) is 5.28 Å². The van der Waals surface area contributed by atoms with Crippen LogP contribution in [0.3, 0.4) is 0 Å². The van der Waals surface area contributed by atoms with Crippen molar-refractivity contribution in [3.63, 3.8) is 0 Å². The molecule has 0 bridgehead atoms. The van der Waals surface area contributed by atoms with Gasteiger partial charge in [-0.05, 0) is 18.5 Å². The standard InChI is InChI=1S/C8H8ClN5/c1-6-2-11-7(3-10-6)4-14-5-12-13-8(14)9/h2-3,5H,4H2,1H3. The van der Waals surface area contributed by atoms with Gasteiger partial charge in [-0.2, -0.15) is 0 Å². The molecular weight excluding hydrogens is 202 g/mol. The molecule has 2 rings (SSSR count). The van der Waals surface area contributed by atoms with Crippen LogP contribution in [0.5, 0.6) is 0 Å². The lowest BCUT2D eigenvalue weighted by molar-refractivity contribution is 0.763. The van der Waals surface area contributed by atoms with Crippen molar-refractivity contribution in [3.8, 4) is 0 Å². The van der Waals surface area contributed by atoms with Crippen LogP contribution in [0.1, 0.15) is 11.4 Å². The lowest BCUT2D eigenvalue weighted by Crippen LogP contribution is -2.01. The normalized spacial score (nSPS) is 10.4. The molecular formula is C8H8ClN5. The number of nitrogens with zero attached hydrogens (tertiary/aromatic N) is 5. The number of hydrogen-bond acceptors (Lipinski definition) is 4. The van der Waals surface area contributed by atoms with Gasteiger partial charge in [0, 0.05) is 6.20 Å². The molecule has 2 aromatic heterocycles. The van der Waals surface area contributed by atoms with Gasteiger partial charge in [0.25, 0.3) is 0 Å². The Hall–Kier alpha value is -1.49. The van der Waals surface area contributed by atoms with Crippen molar-refractivity contribution in [3.05, 3.63) is 35.4 Å². The van der Waals surface area contributed by atoms with Crippen molar-refractivity contribution in [1.29, 1.82) is 0 Å². The fraction of sp³-hybridized carbons (Fsp3) is 0.250. The van der Waals surface area contributed by atoms with Crippen molar-refractivity contribution in [1.82, 2.24) is 24.7 Å². The highest BCUT2D eigenvalue weighted by Crippen LogP contribution is 2.05. The van der Waals surface area contributed by atoms with E-state index in [1.165, 1.54) is 0 Å². The van der Waals surface area contributed by atoms with Gasteiger partial charge in [-0.25, -0.2) is 0 Å². The summed E-state index contributed by atoms with van der Waals surface area (Å²) >= 11 is 5.76. The first kappa shape index (κ1) is 9.08. The van der Waals surface area contributed by atoms with Gasteiger partial charge in [-0.15, -0.1) is 10.2 Å². The number of rotatable bonds is 2. The highest BCUT2D eigenvalue weighted by Gasteiger charge is 2.02. The van der Waals surface area contributed by atoms with Crippen LogP contribution in [0.4, 0.5) is 0 Å². The summed E-state index contributed by atoms with van der Waals surface area (Å²) in [5, 5.41) is 7.68. The Morgan fingerprint density at radius 1 is 1.36 bits per heavy atom. The van der Waals surface area contributed by atoms with E-state index in [4.69, 9.17) is 11.6 Å². The number of halogens is 1. The van der Waals surface area contributed by atoms with E-state index in [9.17, 15) is 0 Å². The Morgan fingerprint density at radius 2 is 2.21 bits per heavy atom. The fourth-order valence-corrected chi connectivity index (χ4v) is 1.17. The van der Waals surface area contributed by atoms with E-state index < -0.39 is 0 Å². The van der Waals surface area contributed by atoms with Crippen LogP contribution in [-0.4, -0.2) is 24.7 Å². The zero-order chi connectivity index (χ0) is 9.97. The first-order chi connectivity index (χ1) is 6.75. The van der Waals surface area contributed by atoms with E-state index >= 15 is 0 Å². The topological polar surface area (TPSA) is 56.5 Å². The second-order valence-electron chi connectivity index (χ2n) is 2.88. The molecule has 72 valence electrons. The largest absolute Gasteiger partial charge is 0.298 e. The highest BCUT2D eigenvalue weighted by molar-refractivity contribution is 6.28. The maximum atomic E-state index is 5.76. The van der Waals surface area contributed by atoms with Gasteiger partial charge >= 0.3 is 0 Å². The Kier molecular flexibility index (Phi) is 2.41. The third-order valence-corrected chi connectivity index (χ3v) is 2.03. The summed E-state index contributed by atoms with van der Waals surface area (Å²) < 4.78 is 1.70. The number of hydrogen-bond donors (Lipinski definition) is 0. The Morgan fingerprint density at radius 3 is 2.79 bits per heavy atom. The van der Waals surface area contributed by atoms with Gasteiger partial charge < -0.3 is 0 Å². The highest BCUT2D eigenvalue weighted by atomic mass is 35.5. The van der Waals surface area contributed by atoms with Crippen LogP contribution < -0.4 is 0 Å². The molecule has 0 amide bonds. The minimum Gasteiger partial charge on any atom is -0.298 e. The summed E-state index contributed by atoms with van der Waals surface area (Å²) in [7, 11) is 0. The van der Waals surface area contributed by atoms with Crippen LogP contribution in [0, 0.1) is 6.92 Å². The summed E-state index contributed by atoms with van der Waals surface area (Å²) in [5.74, 6) is 0. The molecule has 0 saturated carbocycles. The second kappa shape index (κ2) is 3.71. The predicted octanol–water partition coefficient (Wildman–Crippen LogP) is 1.08. The molecule has 0 saturated heterocycles. The molecule has 6 heteroatoms. The zero-order valence-electron chi connectivity index (χ0n) is 7.55. The van der Waals surface area contributed by atoms with Gasteiger partial charge in [0.05, 0.1) is 24.1 Å². The molecule has 0 N–H and O–H groups in total. The van der Waals surface area contributed by atoms with Crippen LogP contribution in [0.15, 0.2) is 18.7 Å². The van der Waals surface area contributed by atoms with Crippen LogP contribution in [-0.2, 0) is 6.54 Å². The lowest BCUT2D eigenvalue weighted by atomic mass is 10.4. The minimum atomic E-state index is 0.354. The number of aromatic nitrogens is 5. The summed E-state index contributed by atoms with van der Waals surface area (Å²) in [6.07, 6.45) is 4.99.